The lowest BCUT2D eigenvalue weighted by molar-refractivity contribution is -0.127. The van der Waals surface area contributed by atoms with Crippen LogP contribution in [-0.2, 0) is 14.4 Å². The van der Waals surface area contributed by atoms with Gasteiger partial charge in [0.05, 0.1) is 6.54 Å². The second-order valence-electron chi connectivity index (χ2n) is 3.45. The average Bonchev–Trinajstić information content (AvgIpc) is 2.29. The van der Waals surface area contributed by atoms with Crippen molar-refractivity contribution in [1.29, 1.82) is 0 Å². The Balaban J connectivity index is 3.99. The third-order valence-electron chi connectivity index (χ3n) is 1.99. The first kappa shape index (κ1) is 15.7. The molecule has 9 nitrogen and oxygen atoms in total. The highest BCUT2D eigenvalue weighted by Gasteiger charge is 2.17. The van der Waals surface area contributed by atoms with E-state index in [0.717, 1.165) is 0 Å². The van der Waals surface area contributed by atoms with E-state index in [0.29, 0.717) is 12.8 Å². The third-order valence-corrected chi connectivity index (χ3v) is 1.99. The minimum atomic E-state index is -0.847. The number of carbonyl (C=O) groups is 4. The van der Waals surface area contributed by atoms with Crippen LogP contribution in [0.5, 0.6) is 0 Å². The minimum Gasteiger partial charge on any atom is -0.368 e. The molecular weight excluding hydrogens is 242 g/mol. The van der Waals surface area contributed by atoms with Gasteiger partial charge in [-0.05, 0) is 12.8 Å². The highest BCUT2D eigenvalue weighted by molar-refractivity contribution is 5.87. The summed E-state index contributed by atoms with van der Waals surface area (Å²) in [5, 5.41) is 6.86. The van der Waals surface area contributed by atoms with Gasteiger partial charge >= 0.3 is 6.03 Å². The molecule has 1 unspecified atom stereocenters. The van der Waals surface area contributed by atoms with Crippen LogP contribution in [0.2, 0.25) is 0 Å². The zero-order chi connectivity index (χ0) is 14.0. The number of carbonyl (C=O) groups excluding carboxylic acids is 4. The molecular formula is C9H17N5O4. The van der Waals surface area contributed by atoms with Gasteiger partial charge in [-0.3, -0.25) is 14.4 Å². The molecule has 0 saturated carbocycles. The smallest absolute Gasteiger partial charge is 0.312 e. The van der Waals surface area contributed by atoms with Gasteiger partial charge in [-0.2, -0.15) is 0 Å². The summed E-state index contributed by atoms with van der Waals surface area (Å²) in [6.07, 6.45) is 1.07. The summed E-state index contributed by atoms with van der Waals surface area (Å²) in [5.41, 5.74) is 9.95. The number of nitrogens with two attached hydrogens (primary N) is 2. The number of hydrogen-bond donors (Lipinski definition) is 5. The number of urea groups is 1. The largest absolute Gasteiger partial charge is 0.368 e. The Hall–Kier alpha value is -2.32. The third kappa shape index (κ3) is 7.91. The van der Waals surface area contributed by atoms with Crippen LogP contribution in [-0.4, -0.2) is 43.4 Å². The molecule has 0 fully saturated rings. The van der Waals surface area contributed by atoms with Gasteiger partial charge in [-0.25, -0.2) is 4.79 Å². The second kappa shape index (κ2) is 8.79. The Morgan fingerprint density at radius 2 is 1.89 bits per heavy atom. The molecule has 0 rings (SSSR count). The minimum absolute atomic E-state index is 0.229. The second-order valence-corrected chi connectivity index (χ2v) is 3.45. The van der Waals surface area contributed by atoms with Gasteiger partial charge < -0.3 is 27.4 Å². The van der Waals surface area contributed by atoms with Gasteiger partial charge in [-0.15, -0.1) is 0 Å². The maximum Gasteiger partial charge on any atom is 0.312 e. The molecule has 0 saturated heterocycles. The summed E-state index contributed by atoms with van der Waals surface area (Å²) in [6.45, 7) is 0.0500. The van der Waals surface area contributed by atoms with Gasteiger partial charge in [0.2, 0.25) is 18.2 Å². The van der Waals surface area contributed by atoms with Crippen molar-refractivity contribution in [2.24, 2.45) is 11.5 Å². The van der Waals surface area contributed by atoms with Crippen LogP contribution >= 0.6 is 0 Å². The molecule has 7 N–H and O–H groups in total. The molecule has 0 bridgehead atoms. The van der Waals surface area contributed by atoms with E-state index in [2.05, 4.69) is 16.0 Å². The van der Waals surface area contributed by atoms with Crippen LogP contribution in [0.4, 0.5) is 4.79 Å². The van der Waals surface area contributed by atoms with Crippen molar-refractivity contribution in [2.45, 2.75) is 18.9 Å². The molecule has 5 amide bonds. The van der Waals surface area contributed by atoms with Crippen LogP contribution in [0.3, 0.4) is 0 Å². The lowest BCUT2D eigenvalue weighted by Crippen LogP contribution is -2.47. The van der Waals surface area contributed by atoms with E-state index < -0.39 is 23.9 Å². The Morgan fingerprint density at radius 1 is 1.22 bits per heavy atom. The fourth-order valence-corrected chi connectivity index (χ4v) is 1.18. The highest BCUT2D eigenvalue weighted by atomic mass is 16.2. The molecule has 102 valence electrons. The lowest BCUT2D eigenvalue weighted by Gasteiger charge is -2.15. The van der Waals surface area contributed by atoms with Gasteiger partial charge in [0.15, 0.2) is 0 Å². The maximum absolute atomic E-state index is 11.2. The summed E-state index contributed by atoms with van der Waals surface area (Å²) >= 11 is 0. The Labute approximate surface area is 104 Å². The van der Waals surface area contributed by atoms with Crippen LogP contribution < -0.4 is 27.4 Å². The Bertz CT molecular complexity index is 320. The highest BCUT2D eigenvalue weighted by Crippen LogP contribution is 1.95. The predicted octanol–water partition coefficient (Wildman–Crippen LogP) is -2.85. The van der Waals surface area contributed by atoms with Crippen molar-refractivity contribution < 1.29 is 19.2 Å². The molecule has 18 heavy (non-hydrogen) atoms. The standard InChI is InChI=1S/C9H17N5O4/c10-8(17)6(2-1-3-13-9(11)18)14-7(16)4-12-5-15/h5-6H,1-4H2,(H2,10,17)(H,12,15)(H,14,16)(H3,11,13,18). The first-order valence-corrected chi connectivity index (χ1v) is 5.26. The summed E-state index contributed by atoms with van der Waals surface area (Å²) < 4.78 is 0. The van der Waals surface area contributed by atoms with E-state index in [9.17, 15) is 19.2 Å². The molecule has 0 spiro atoms. The molecule has 1 atom stereocenters. The molecule has 9 heteroatoms. The Kier molecular flexibility index (Phi) is 7.66. The molecule has 0 aromatic rings. The van der Waals surface area contributed by atoms with Crippen LogP contribution in [0.15, 0.2) is 0 Å². The molecule has 0 aromatic heterocycles. The van der Waals surface area contributed by atoms with Crippen molar-refractivity contribution in [3.05, 3.63) is 0 Å². The number of primary amides is 2. The van der Waals surface area contributed by atoms with Gasteiger partial charge in [0, 0.05) is 6.54 Å². The molecule has 0 aliphatic rings. The molecule has 0 aromatic carbocycles. The first-order valence-electron chi connectivity index (χ1n) is 5.26. The average molecular weight is 259 g/mol. The summed E-state index contributed by atoms with van der Waals surface area (Å²) in [6, 6.07) is -1.51. The predicted molar refractivity (Wildman–Crippen MR) is 62.0 cm³/mol. The SMILES string of the molecule is NC(=O)NCCCC(NC(=O)CNC=O)C(N)=O. The molecule has 0 aliphatic heterocycles. The summed E-state index contributed by atoms with van der Waals surface area (Å²) in [7, 11) is 0. The molecule has 0 radical (unpaired) electrons. The zero-order valence-electron chi connectivity index (χ0n) is 9.77. The lowest BCUT2D eigenvalue weighted by atomic mass is 10.1. The van der Waals surface area contributed by atoms with Crippen molar-refractivity contribution in [3.8, 4) is 0 Å². The summed E-state index contributed by atoms with van der Waals surface area (Å²) in [5.74, 6) is -1.21. The monoisotopic (exact) mass is 259 g/mol. The van der Waals surface area contributed by atoms with Crippen LogP contribution in [0, 0.1) is 0 Å². The van der Waals surface area contributed by atoms with E-state index in [1.54, 1.807) is 0 Å². The molecule has 0 aliphatic carbocycles. The van der Waals surface area contributed by atoms with Crippen molar-refractivity contribution in [3.63, 3.8) is 0 Å². The van der Waals surface area contributed by atoms with Crippen LogP contribution in [0.25, 0.3) is 0 Å². The van der Waals surface area contributed by atoms with E-state index in [4.69, 9.17) is 11.5 Å². The zero-order valence-corrected chi connectivity index (χ0v) is 9.77. The van der Waals surface area contributed by atoms with Gasteiger partial charge in [0.25, 0.3) is 0 Å². The topological polar surface area (TPSA) is 156 Å². The van der Waals surface area contributed by atoms with Crippen molar-refractivity contribution in [2.75, 3.05) is 13.1 Å². The van der Waals surface area contributed by atoms with Gasteiger partial charge in [-0.1, -0.05) is 0 Å². The maximum atomic E-state index is 11.2. The summed E-state index contributed by atoms with van der Waals surface area (Å²) in [4.78, 5) is 42.6. The van der Waals surface area contributed by atoms with Crippen molar-refractivity contribution in [1.82, 2.24) is 16.0 Å². The van der Waals surface area contributed by atoms with Crippen LogP contribution in [0.1, 0.15) is 12.8 Å². The van der Waals surface area contributed by atoms with E-state index in [1.807, 2.05) is 0 Å². The molecule has 0 heterocycles. The number of nitrogens with one attached hydrogen (secondary N) is 3. The van der Waals surface area contributed by atoms with E-state index in [-0.39, 0.29) is 19.5 Å². The Morgan fingerprint density at radius 3 is 2.39 bits per heavy atom. The number of hydrogen-bond acceptors (Lipinski definition) is 4. The van der Waals surface area contributed by atoms with E-state index in [1.165, 1.54) is 0 Å². The van der Waals surface area contributed by atoms with E-state index >= 15 is 0 Å². The number of rotatable bonds is 9. The quantitative estimate of drug-likeness (QED) is 0.223. The normalized spacial score (nSPS) is 11.1. The van der Waals surface area contributed by atoms with Crippen molar-refractivity contribution >= 4 is 24.3 Å². The van der Waals surface area contributed by atoms with Gasteiger partial charge in [0.1, 0.15) is 6.04 Å². The first-order chi connectivity index (χ1) is 8.47. The fraction of sp³-hybridized carbons (Fsp3) is 0.556. The number of amides is 5. The fourth-order valence-electron chi connectivity index (χ4n) is 1.18.